The second-order valence-corrected chi connectivity index (χ2v) is 10.3. The summed E-state index contributed by atoms with van der Waals surface area (Å²) in [6, 6.07) is 0. The summed E-state index contributed by atoms with van der Waals surface area (Å²) in [5.41, 5.74) is 0. The van der Waals surface area contributed by atoms with Gasteiger partial charge in [-0.05, 0) is 37.2 Å². The Morgan fingerprint density at radius 3 is 0.875 bits per heavy atom. The first kappa shape index (κ1) is 25.4. The van der Waals surface area contributed by atoms with Crippen molar-refractivity contribution >= 4 is 46.8 Å². The van der Waals surface area contributed by atoms with Crippen LogP contribution in [0.15, 0.2) is 0 Å². The zero-order valence-electron chi connectivity index (χ0n) is 15.9. The lowest BCUT2D eigenvalue weighted by Gasteiger charge is -2.03. The minimum Gasteiger partial charge on any atom is -0.179 e. The molecule has 24 heavy (non-hydrogen) atoms. The van der Waals surface area contributed by atoms with Gasteiger partial charge in [-0.15, -0.1) is 0 Å². The molecule has 146 valence electrons. The van der Waals surface area contributed by atoms with Gasteiger partial charge < -0.3 is 0 Å². The third kappa shape index (κ3) is 23.4. The molecule has 0 aliphatic rings. The largest absolute Gasteiger partial charge is 0.179 e. The number of thiol groups is 2. The van der Waals surface area contributed by atoms with E-state index in [1.165, 1.54) is 114 Å². The van der Waals surface area contributed by atoms with Gasteiger partial charge in [-0.2, -0.15) is 25.3 Å². The topological polar surface area (TPSA) is 0 Å². The molecule has 0 fully saturated rings. The van der Waals surface area contributed by atoms with Gasteiger partial charge >= 0.3 is 0 Å². The Bertz CT molecular complexity index is 190. The highest BCUT2D eigenvalue weighted by Gasteiger charge is 1.95. The molecule has 0 aromatic rings. The minimum absolute atomic E-state index is 1.06. The van der Waals surface area contributed by atoms with Crippen LogP contribution in [-0.2, 0) is 0 Å². The molecule has 0 rings (SSSR count). The van der Waals surface area contributed by atoms with Crippen LogP contribution >= 0.6 is 46.8 Å². The molecule has 0 saturated heterocycles. The SMILES string of the molecule is SCCCCCCCCCCSSCCCCCCCCCCS. The quantitative estimate of drug-likeness (QED) is 0.111. The summed E-state index contributed by atoms with van der Waals surface area (Å²) in [5, 5.41) is 0. The Labute approximate surface area is 172 Å². The van der Waals surface area contributed by atoms with E-state index in [1.54, 1.807) is 0 Å². The standard InChI is InChI=1S/C20H42S4/c21-17-13-9-5-1-3-7-11-15-19-23-24-20-16-12-8-4-2-6-10-14-18-22/h21-22H,1-20H2. The van der Waals surface area contributed by atoms with Gasteiger partial charge in [-0.1, -0.05) is 98.6 Å². The maximum Gasteiger partial charge on any atom is 0.00369 e. The Morgan fingerprint density at radius 2 is 0.583 bits per heavy atom. The number of hydrogen-bond acceptors (Lipinski definition) is 4. The summed E-state index contributed by atoms with van der Waals surface area (Å²) in [4.78, 5) is 0. The number of rotatable bonds is 21. The van der Waals surface area contributed by atoms with E-state index in [-0.39, 0.29) is 0 Å². The molecule has 0 radical (unpaired) electrons. The smallest absolute Gasteiger partial charge is 0.00369 e. The van der Waals surface area contributed by atoms with Gasteiger partial charge in [0.05, 0.1) is 0 Å². The molecule has 0 aliphatic carbocycles. The van der Waals surface area contributed by atoms with Crippen molar-refractivity contribution < 1.29 is 0 Å². The van der Waals surface area contributed by atoms with E-state index in [9.17, 15) is 0 Å². The molecule has 0 aliphatic heterocycles. The zero-order valence-corrected chi connectivity index (χ0v) is 19.3. The predicted molar refractivity (Wildman–Crippen MR) is 126 cm³/mol. The van der Waals surface area contributed by atoms with Crippen LogP contribution in [0.2, 0.25) is 0 Å². The third-order valence-corrected chi connectivity index (χ3v) is 7.56. The van der Waals surface area contributed by atoms with E-state index in [0.717, 1.165) is 11.5 Å². The summed E-state index contributed by atoms with van der Waals surface area (Å²) in [6.07, 6.45) is 22.6. The van der Waals surface area contributed by atoms with Crippen LogP contribution < -0.4 is 0 Å². The lowest BCUT2D eigenvalue weighted by Crippen LogP contribution is -1.84. The average molecular weight is 411 g/mol. The highest BCUT2D eigenvalue weighted by Crippen LogP contribution is 2.24. The molecule has 0 spiro atoms. The average Bonchev–Trinajstić information content (AvgIpc) is 2.60. The lowest BCUT2D eigenvalue weighted by molar-refractivity contribution is 0.588. The van der Waals surface area contributed by atoms with Crippen molar-refractivity contribution in [2.24, 2.45) is 0 Å². The monoisotopic (exact) mass is 410 g/mol. The summed E-state index contributed by atoms with van der Waals surface area (Å²) >= 11 is 8.51. The van der Waals surface area contributed by atoms with Gasteiger partial charge in [-0.25, -0.2) is 0 Å². The van der Waals surface area contributed by atoms with Gasteiger partial charge in [0.25, 0.3) is 0 Å². The summed E-state index contributed by atoms with van der Waals surface area (Å²) < 4.78 is 0. The molecule has 0 atom stereocenters. The van der Waals surface area contributed by atoms with Crippen LogP contribution in [0, 0.1) is 0 Å². The summed E-state index contributed by atoms with van der Waals surface area (Å²) in [6.45, 7) is 0. The molecule has 0 amide bonds. The molecule has 0 unspecified atom stereocenters. The van der Waals surface area contributed by atoms with Crippen LogP contribution in [0.3, 0.4) is 0 Å². The van der Waals surface area contributed by atoms with Crippen molar-refractivity contribution in [1.29, 1.82) is 0 Å². The fraction of sp³-hybridized carbons (Fsp3) is 1.00. The molecule has 4 heteroatoms. The van der Waals surface area contributed by atoms with Crippen LogP contribution in [-0.4, -0.2) is 23.0 Å². The maximum absolute atomic E-state index is 4.26. The van der Waals surface area contributed by atoms with Crippen molar-refractivity contribution in [3.63, 3.8) is 0 Å². The Hall–Kier alpha value is 1.40. The molecule has 0 N–H and O–H groups in total. The highest BCUT2D eigenvalue weighted by atomic mass is 33.1. The van der Waals surface area contributed by atoms with Gasteiger partial charge in [0.1, 0.15) is 0 Å². The van der Waals surface area contributed by atoms with Crippen molar-refractivity contribution in [2.75, 3.05) is 23.0 Å². The number of unbranched alkanes of at least 4 members (excludes halogenated alkanes) is 14. The van der Waals surface area contributed by atoms with Crippen molar-refractivity contribution in [3.05, 3.63) is 0 Å². The minimum atomic E-state index is 1.06. The highest BCUT2D eigenvalue weighted by molar-refractivity contribution is 8.76. The molecule has 0 aromatic heterocycles. The van der Waals surface area contributed by atoms with E-state index in [4.69, 9.17) is 0 Å². The summed E-state index contributed by atoms with van der Waals surface area (Å²) in [7, 11) is 4.21. The molecule has 0 saturated carbocycles. The molecule has 0 heterocycles. The molecule has 0 bridgehead atoms. The van der Waals surface area contributed by atoms with Gasteiger partial charge in [0, 0.05) is 11.5 Å². The van der Waals surface area contributed by atoms with E-state index >= 15 is 0 Å². The van der Waals surface area contributed by atoms with Crippen LogP contribution in [0.5, 0.6) is 0 Å². The first-order valence-electron chi connectivity index (χ1n) is 10.4. The van der Waals surface area contributed by atoms with Crippen molar-refractivity contribution in [2.45, 2.75) is 103 Å². The maximum atomic E-state index is 4.26. The molecular formula is C20H42S4. The van der Waals surface area contributed by atoms with E-state index in [1.807, 2.05) is 0 Å². The summed E-state index contributed by atoms with van der Waals surface area (Å²) in [5.74, 6) is 4.84. The van der Waals surface area contributed by atoms with Gasteiger partial charge in [0.2, 0.25) is 0 Å². The van der Waals surface area contributed by atoms with E-state index in [0.29, 0.717) is 0 Å². The molecule has 0 aromatic carbocycles. The van der Waals surface area contributed by atoms with E-state index < -0.39 is 0 Å². The Kier molecular flexibility index (Phi) is 25.8. The van der Waals surface area contributed by atoms with Gasteiger partial charge in [0.15, 0.2) is 0 Å². The Balaban J connectivity index is 2.93. The van der Waals surface area contributed by atoms with Crippen molar-refractivity contribution in [1.82, 2.24) is 0 Å². The second-order valence-electron chi connectivity index (χ2n) is 6.75. The third-order valence-electron chi connectivity index (χ3n) is 4.35. The first-order valence-corrected chi connectivity index (χ1v) is 14.1. The normalized spacial score (nSPS) is 11.2. The first-order chi connectivity index (χ1) is 11.9. The predicted octanol–water partition coefficient (Wildman–Crippen LogP) is 8.47. The fourth-order valence-electron chi connectivity index (χ4n) is 2.78. The fourth-order valence-corrected chi connectivity index (χ4v) is 5.53. The van der Waals surface area contributed by atoms with E-state index in [2.05, 4.69) is 46.8 Å². The lowest BCUT2D eigenvalue weighted by atomic mass is 10.1. The second kappa shape index (κ2) is 24.4. The number of hydrogen-bond donors (Lipinski definition) is 2. The van der Waals surface area contributed by atoms with Crippen molar-refractivity contribution in [3.8, 4) is 0 Å². The Morgan fingerprint density at radius 1 is 0.333 bits per heavy atom. The molecular weight excluding hydrogens is 368 g/mol. The molecule has 0 nitrogen and oxygen atoms in total. The van der Waals surface area contributed by atoms with Crippen LogP contribution in [0.4, 0.5) is 0 Å². The zero-order chi connectivity index (χ0) is 17.6. The van der Waals surface area contributed by atoms with Crippen LogP contribution in [0.25, 0.3) is 0 Å². The van der Waals surface area contributed by atoms with Crippen LogP contribution in [0.1, 0.15) is 103 Å². The van der Waals surface area contributed by atoms with Gasteiger partial charge in [-0.3, -0.25) is 0 Å².